The van der Waals surface area contributed by atoms with Crippen LogP contribution in [0.1, 0.15) is 6.04 Å². The van der Waals surface area contributed by atoms with Gasteiger partial charge in [0, 0.05) is 20.9 Å². The number of aromatic nitrogens is 4. The molecule has 154 valence electrons. The first-order valence-corrected chi connectivity index (χ1v) is 11.5. The minimum Gasteiger partial charge on any atom is -0.394 e. The smallest absolute Gasteiger partial charge is 0.145 e. The third-order valence-electron chi connectivity index (χ3n) is 4.46. The standard InChI is InChI=1S/C17H16BrClN4O4S2/c18-9-5-8(1-2-10(9)19)29-17-15(26)13(14(25)12(7-24)27-17)23-6-11(21-22-23)16-20-3-4-28-16/h1-6,12-15,17,24-26H,7H2/t12-,13+,14+,15-,17-/m1/s1. The van der Waals surface area contributed by atoms with E-state index in [1.165, 1.54) is 27.8 Å². The van der Waals surface area contributed by atoms with Gasteiger partial charge in [0.2, 0.25) is 0 Å². The molecule has 1 fully saturated rings. The van der Waals surface area contributed by atoms with Crippen molar-refractivity contribution in [1.29, 1.82) is 0 Å². The molecule has 8 nitrogen and oxygen atoms in total. The Balaban J connectivity index is 1.61. The summed E-state index contributed by atoms with van der Waals surface area (Å²) in [5.74, 6) is 0. The highest BCUT2D eigenvalue weighted by Crippen LogP contribution is 2.39. The molecule has 1 aliphatic rings. The minimum absolute atomic E-state index is 0.403. The fraction of sp³-hybridized carbons (Fsp3) is 0.353. The van der Waals surface area contributed by atoms with Crippen molar-refractivity contribution in [2.45, 2.75) is 34.7 Å². The fourth-order valence-corrected chi connectivity index (χ4v) is 5.37. The molecular formula is C17H16BrClN4O4S2. The van der Waals surface area contributed by atoms with Gasteiger partial charge in [-0.3, -0.25) is 0 Å². The molecule has 1 saturated heterocycles. The van der Waals surface area contributed by atoms with Gasteiger partial charge in [-0.15, -0.1) is 16.4 Å². The SMILES string of the molecule is OC[C@H]1O[C@H](Sc2ccc(Cl)c(Br)c2)[C@H](O)[C@@H](n2cc(-c3nccs3)nn2)[C@H]1O. The van der Waals surface area contributed by atoms with Gasteiger partial charge < -0.3 is 20.1 Å². The molecular weight excluding hydrogens is 504 g/mol. The lowest BCUT2D eigenvalue weighted by Crippen LogP contribution is -2.55. The lowest BCUT2D eigenvalue weighted by atomic mass is 9.97. The number of thiazole rings is 1. The van der Waals surface area contributed by atoms with E-state index in [9.17, 15) is 15.3 Å². The zero-order valence-electron chi connectivity index (χ0n) is 14.7. The van der Waals surface area contributed by atoms with Gasteiger partial charge in [0.25, 0.3) is 0 Å². The maximum absolute atomic E-state index is 11.0. The van der Waals surface area contributed by atoms with Crippen LogP contribution in [-0.2, 0) is 4.74 Å². The largest absolute Gasteiger partial charge is 0.394 e. The van der Waals surface area contributed by atoms with Crippen molar-refractivity contribution < 1.29 is 20.1 Å². The first-order chi connectivity index (χ1) is 14.0. The Morgan fingerprint density at radius 2 is 2.14 bits per heavy atom. The van der Waals surface area contributed by atoms with Gasteiger partial charge in [0.15, 0.2) is 0 Å². The monoisotopic (exact) mass is 518 g/mol. The molecule has 3 aromatic rings. The number of aliphatic hydroxyl groups is 3. The summed E-state index contributed by atoms with van der Waals surface area (Å²) >= 11 is 12.1. The zero-order chi connectivity index (χ0) is 20.5. The summed E-state index contributed by atoms with van der Waals surface area (Å²) in [5.41, 5.74) is -0.210. The van der Waals surface area contributed by atoms with Gasteiger partial charge in [-0.25, -0.2) is 9.67 Å². The molecule has 0 spiro atoms. The van der Waals surface area contributed by atoms with Gasteiger partial charge in [-0.2, -0.15) is 0 Å². The number of thioether (sulfide) groups is 1. The molecule has 1 aromatic carbocycles. The number of nitrogens with zero attached hydrogens (tertiary/aromatic N) is 4. The van der Waals surface area contributed by atoms with Crippen molar-refractivity contribution in [2.75, 3.05) is 6.61 Å². The van der Waals surface area contributed by atoms with Crippen molar-refractivity contribution in [1.82, 2.24) is 20.0 Å². The van der Waals surface area contributed by atoms with E-state index in [0.29, 0.717) is 20.2 Å². The van der Waals surface area contributed by atoms with E-state index in [2.05, 4.69) is 31.2 Å². The lowest BCUT2D eigenvalue weighted by Gasteiger charge is -2.41. The van der Waals surface area contributed by atoms with Crippen LogP contribution in [0.25, 0.3) is 10.7 Å². The molecule has 2 aromatic heterocycles. The summed E-state index contributed by atoms with van der Waals surface area (Å²) in [6, 6.07) is 4.50. The number of benzene rings is 1. The Hall–Kier alpha value is -1.05. The fourth-order valence-electron chi connectivity index (χ4n) is 3.03. The van der Waals surface area contributed by atoms with Crippen molar-refractivity contribution in [2.24, 2.45) is 0 Å². The van der Waals surface area contributed by atoms with Gasteiger partial charge in [0.05, 0.1) is 17.8 Å². The normalized spacial score (nSPS) is 27.3. The van der Waals surface area contributed by atoms with Crippen LogP contribution in [0.5, 0.6) is 0 Å². The molecule has 3 heterocycles. The summed E-state index contributed by atoms with van der Waals surface area (Å²) in [4.78, 5) is 5.00. The third-order valence-corrected chi connectivity index (χ3v) is 7.62. The zero-order valence-corrected chi connectivity index (χ0v) is 18.6. The highest BCUT2D eigenvalue weighted by atomic mass is 79.9. The highest BCUT2D eigenvalue weighted by molar-refractivity contribution is 9.10. The van der Waals surface area contributed by atoms with Crippen molar-refractivity contribution in [3.05, 3.63) is 45.5 Å². The molecule has 0 unspecified atom stereocenters. The maximum Gasteiger partial charge on any atom is 0.145 e. The third kappa shape index (κ3) is 4.37. The molecule has 0 amide bonds. The van der Waals surface area contributed by atoms with Crippen LogP contribution in [-0.4, -0.2) is 65.7 Å². The van der Waals surface area contributed by atoms with Gasteiger partial charge in [-0.05, 0) is 34.1 Å². The minimum atomic E-state index is -1.17. The molecule has 29 heavy (non-hydrogen) atoms. The number of hydrogen-bond acceptors (Lipinski definition) is 9. The van der Waals surface area contributed by atoms with Crippen LogP contribution in [0.15, 0.2) is 45.3 Å². The summed E-state index contributed by atoms with van der Waals surface area (Å²) in [6.07, 6.45) is 0.114. The Kier molecular flexibility index (Phi) is 6.56. The Morgan fingerprint density at radius 1 is 1.31 bits per heavy atom. The van der Waals surface area contributed by atoms with Crippen molar-refractivity contribution in [3.63, 3.8) is 0 Å². The number of aliphatic hydroxyl groups excluding tert-OH is 3. The molecule has 3 N–H and O–H groups in total. The van der Waals surface area contributed by atoms with E-state index in [0.717, 1.165) is 4.90 Å². The van der Waals surface area contributed by atoms with E-state index in [-0.39, 0.29) is 0 Å². The summed E-state index contributed by atoms with van der Waals surface area (Å²) in [7, 11) is 0. The molecule has 0 bridgehead atoms. The van der Waals surface area contributed by atoms with Crippen LogP contribution in [0.2, 0.25) is 5.02 Å². The second-order valence-corrected chi connectivity index (χ2v) is 9.64. The molecule has 1 aliphatic heterocycles. The van der Waals surface area contributed by atoms with Gasteiger partial charge >= 0.3 is 0 Å². The second kappa shape index (κ2) is 8.98. The van der Waals surface area contributed by atoms with Crippen LogP contribution >= 0.6 is 50.6 Å². The number of ether oxygens (including phenoxy) is 1. The van der Waals surface area contributed by atoms with Crippen LogP contribution in [0.4, 0.5) is 0 Å². The lowest BCUT2D eigenvalue weighted by molar-refractivity contribution is -0.178. The number of halogens is 2. The Morgan fingerprint density at radius 3 is 2.83 bits per heavy atom. The average molecular weight is 520 g/mol. The van der Waals surface area contributed by atoms with Crippen LogP contribution in [0, 0.1) is 0 Å². The van der Waals surface area contributed by atoms with Gasteiger partial charge in [-0.1, -0.05) is 28.6 Å². The Bertz CT molecular complexity index is 976. The highest BCUT2D eigenvalue weighted by Gasteiger charge is 2.46. The average Bonchev–Trinajstić information content (AvgIpc) is 3.39. The first kappa shape index (κ1) is 21.2. The summed E-state index contributed by atoms with van der Waals surface area (Å²) < 4.78 is 7.88. The molecule has 0 aliphatic carbocycles. The molecule has 12 heteroatoms. The molecule has 0 radical (unpaired) electrons. The van der Waals surface area contributed by atoms with Gasteiger partial charge in [0.1, 0.15) is 40.5 Å². The predicted molar refractivity (Wildman–Crippen MR) is 113 cm³/mol. The van der Waals surface area contributed by atoms with E-state index < -0.39 is 36.4 Å². The molecule has 0 saturated carbocycles. The summed E-state index contributed by atoms with van der Waals surface area (Å²) in [6.45, 7) is -0.403. The van der Waals surface area contributed by atoms with Crippen LogP contribution in [0.3, 0.4) is 0 Å². The van der Waals surface area contributed by atoms with Crippen LogP contribution < -0.4 is 0 Å². The molecule has 5 atom stereocenters. The molecule has 4 rings (SSSR count). The van der Waals surface area contributed by atoms with E-state index in [1.54, 1.807) is 24.5 Å². The predicted octanol–water partition coefficient (Wildman–Crippen LogP) is 2.59. The van der Waals surface area contributed by atoms with E-state index in [1.807, 2.05) is 11.4 Å². The maximum atomic E-state index is 11.0. The quantitative estimate of drug-likeness (QED) is 0.471. The summed E-state index contributed by atoms with van der Waals surface area (Å²) in [5, 5.41) is 42.6. The van der Waals surface area contributed by atoms with Crippen molar-refractivity contribution >= 4 is 50.6 Å². The number of hydrogen-bond donors (Lipinski definition) is 3. The second-order valence-electron chi connectivity index (χ2n) is 6.31. The van der Waals surface area contributed by atoms with E-state index >= 15 is 0 Å². The van der Waals surface area contributed by atoms with E-state index in [4.69, 9.17) is 16.3 Å². The Labute approximate surface area is 187 Å². The number of rotatable bonds is 5. The first-order valence-electron chi connectivity index (χ1n) is 8.54. The van der Waals surface area contributed by atoms with Crippen molar-refractivity contribution in [3.8, 4) is 10.7 Å². The topological polar surface area (TPSA) is 114 Å².